The van der Waals surface area contributed by atoms with E-state index in [9.17, 15) is 4.79 Å². The third-order valence-electron chi connectivity index (χ3n) is 4.67. The quantitative estimate of drug-likeness (QED) is 0.731. The third-order valence-corrected chi connectivity index (χ3v) is 5.20. The fraction of sp³-hybridized carbons (Fsp3) is 0.381. The van der Waals surface area contributed by atoms with E-state index in [1.807, 2.05) is 30.3 Å². The van der Waals surface area contributed by atoms with Crippen LogP contribution in [0.1, 0.15) is 11.1 Å². The van der Waals surface area contributed by atoms with Crippen molar-refractivity contribution in [1.29, 1.82) is 0 Å². The predicted octanol–water partition coefficient (Wildman–Crippen LogP) is 2.89. The number of likely N-dealkylation sites (N-methyl/N-ethyl adjacent to an activating group) is 1. The number of rotatable bonds is 7. The molecule has 2 aromatic rings. The van der Waals surface area contributed by atoms with Gasteiger partial charge < -0.3 is 15.0 Å². The molecular formula is C21H26BrN3O2. The van der Waals surface area contributed by atoms with Crippen molar-refractivity contribution in [3.05, 3.63) is 64.1 Å². The number of benzene rings is 2. The van der Waals surface area contributed by atoms with Crippen molar-refractivity contribution in [3.63, 3.8) is 0 Å². The smallest absolute Gasteiger partial charge is 0.258 e. The maximum absolute atomic E-state index is 12.0. The minimum absolute atomic E-state index is 0.0165. The highest BCUT2D eigenvalue weighted by Gasteiger charge is 2.14. The summed E-state index contributed by atoms with van der Waals surface area (Å²) in [6, 6.07) is 15.9. The number of carbonyl (C=O) groups excluding carboxylic acids is 1. The standard InChI is InChI=1S/C21H26BrN3O2/c1-24-9-11-25(12-10-24)15-18-4-2-3-17(13-18)14-23-21(26)16-27-20-7-5-19(22)6-8-20/h2-8,13H,9-12,14-16H2,1H3,(H,23,26). The van der Waals surface area contributed by atoms with Gasteiger partial charge in [0, 0.05) is 43.7 Å². The monoisotopic (exact) mass is 431 g/mol. The molecule has 0 unspecified atom stereocenters. The van der Waals surface area contributed by atoms with Gasteiger partial charge in [-0.3, -0.25) is 9.69 Å². The van der Waals surface area contributed by atoms with E-state index in [1.165, 1.54) is 5.56 Å². The Bertz CT molecular complexity index is 743. The number of nitrogens with one attached hydrogen (secondary N) is 1. The molecule has 0 atom stereocenters. The van der Waals surface area contributed by atoms with E-state index in [0.717, 1.165) is 42.8 Å². The first kappa shape index (κ1) is 19.9. The highest BCUT2D eigenvalue weighted by atomic mass is 79.9. The minimum atomic E-state index is -0.123. The number of piperazine rings is 1. The molecule has 1 saturated heterocycles. The van der Waals surface area contributed by atoms with Crippen molar-refractivity contribution in [1.82, 2.24) is 15.1 Å². The lowest BCUT2D eigenvalue weighted by Crippen LogP contribution is -2.43. The van der Waals surface area contributed by atoms with Gasteiger partial charge in [0.25, 0.3) is 5.91 Å². The van der Waals surface area contributed by atoms with Crippen LogP contribution in [-0.2, 0) is 17.9 Å². The van der Waals surface area contributed by atoms with E-state index in [0.29, 0.717) is 12.3 Å². The Morgan fingerprint density at radius 1 is 1.07 bits per heavy atom. The first-order valence-electron chi connectivity index (χ1n) is 9.22. The van der Waals surface area contributed by atoms with Crippen LogP contribution in [0.4, 0.5) is 0 Å². The molecule has 144 valence electrons. The van der Waals surface area contributed by atoms with Gasteiger partial charge in [-0.05, 0) is 42.4 Å². The Labute approximate surface area is 169 Å². The molecule has 27 heavy (non-hydrogen) atoms. The van der Waals surface area contributed by atoms with E-state index >= 15 is 0 Å². The van der Waals surface area contributed by atoms with E-state index in [4.69, 9.17) is 4.74 Å². The van der Waals surface area contributed by atoms with Crippen molar-refractivity contribution in [2.24, 2.45) is 0 Å². The van der Waals surface area contributed by atoms with Gasteiger partial charge in [-0.25, -0.2) is 0 Å². The average molecular weight is 432 g/mol. The molecule has 1 heterocycles. The third kappa shape index (κ3) is 6.65. The van der Waals surface area contributed by atoms with Crippen LogP contribution in [0, 0.1) is 0 Å². The van der Waals surface area contributed by atoms with Gasteiger partial charge in [-0.1, -0.05) is 40.2 Å². The second-order valence-corrected chi connectivity index (χ2v) is 7.83. The summed E-state index contributed by atoms with van der Waals surface area (Å²) in [5.74, 6) is 0.560. The summed E-state index contributed by atoms with van der Waals surface area (Å²) >= 11 is 3.38. The molecule has 0 saturated carbocycles. The SMILES string of the molecule is CN1CCN(Cc2cccc(CNC(=O)COc3ccc(Br)cc3)c2)CC1. The number of halogens is 1. The van der Waals surface area contributed by atoms with E-state index in [-0.39, 0.29) is 12.5 Å². The summed E-state index contributed by atoms with van der Waals surface area (Å²) in [7, 11) is 2.17. The normalized spacial score (nSPS) is 15.5. The molecule has 0 aliphatic carbocycles. The highest BCUT2D eigenvalue weighted by molar-refractivity contribution is 9.10. The van der Waals surface area contributed by atoms with E-state index < -0.39 is 0 Å². The van der Waals surface area contributed by atoms with Gasteiger partial charge >= 0.3 is 0 Å². The Kier molecular flexibility index (Phi) is 7.26. The first-order valence-corrected chi connectivity index (χ1v) is 10.0. The lowest BCUT2D eigenvalue weighted by atomic mass is 10.1. The molecule has 0 aromatic heterocycles. The van der Waals surface area contributed by atoms with Gasteiger partial charge in [0.1, 0.15) is 5.75 Å². The van der Waals surface area contributed by atoms with Crippen LogP contribution in [0.15, 0.2) is 53.0 Å². The van der Waals surface area contributed by atoms with E-state index in [1.54, 1.807) is 0 Å². The Morgan fingerprint density at radius 2 is 1.78 bits per heavy atom. The Balaban J connectivity index is 1.43. The summed E-state index contributed by atoms with van der Waals surface area (Å²) in [5, 5.41) is 2.92. The molecule has 1 N–H and O–H groups in total. The van der Waals surface area contributed by atoms with Crippen LogP contribution in [0.2, 0.25) is 0 Å². The molecule has 5 nitrogen and oxygen atoms in total. The van der Waals surface area contributed by atoms with Crippen molar-refractivity contribution in [3.8, 4) is 5.75 Å². The van der Waals surface area contributed by atoms with Gasteiger partial charge in [-0.2, -0.15) is 0 Å². The summed E-state index contributed by atoms with van der Waals surface area (Å²) in [4.78, 5) is 16.9. The number of ether oxygens (including phenoxy) is 1. The number of carbonyl (C=O) groups is 1. The second-order valence-electron chi connectivity index (χ2n) is 6.92. The summed E-state index contributed by atoms with van der Waals surface area (Å²) in [6.07, 6.45) is 0. The lowest BCUT2D eigenvalue weighted by molar-refractivity contribution is -0.123. The molecule has 6 heteroatoms. The fourth-order valence-electron chi connectivity index (χ4n) is 3.03. The zero-order valence-electron chi connectivity index (χ0n) is 15.7. The molecule has 3 rings (SSSR count). The van der Waals surface area contributed by atoms with Crippen molar-refractivity contribution >= 4 is 21.8 Å². The maximum atomic E-state index is 12.0. The minimum Gasteiger partial charge on any atom is -0.484 e. The molecule has 2 aromatic carbocycles. The molecule has 0 radical (unpaired) electrons. The average Bonchev–Trinajstić information content (AvgIpc) is 2.68. The zero-order valence-corrected chi connectivity index (χ0v) is 17.2. The van der Waals surface area contributed by atoms with Gasteiger partial charge in [0.2, 0.25) is 0 Å². The summed E-state index contributed by atoms with van der Waals surface area (Å²) in [5.41, 5.74) is 2.40. The van der Waals surface area contributed by atoms with Crippen molar-refractivity contribution < 1.29 is 9.53 Å². The van der Waals surface area contributed by atoms with Crippen molar-refractivity contribution in [2.45, 2.75) is 13.1 Å². The topological polar surface area (TPSA) is 44.8 Å². The fourth-order valence-corrected chi connectivity index (χ4v) is 3.30. The van der Waals surface area contributed by atoms with Crippen molar-refractivity contribution in [2.75, 3.05) is 39.8 Å². The predicted molar refractivity (Wildman–Crippen MR) is 111 cm³/mol. The molecule has 0 bridgehead atoms. The largest absolute Gasteiger partial charge is 0.484 e. The van der Waals surface area contributed by atoms with E-state index in [2.05, 4.69) is 56.3 Å². The maximum Gasteiger partial charge on any atom is 0.258 e. The number of hydrogen-bond donors (Lipinski definition) is 1. The number of hydrogen-bond acceptors (Lipinski definition) is 4. The zero-order chi connectivity index (χ0) is 19.1. The van der Waals surface area contributed by atoms with Crippen LogP contribution >= 0.6 is 15.9 Å². The van der Waals surface area contributed by atoms with Crippen LogP contribution in [-0.4, -0.2) is 55.5 Å². The molecule has 1 amide bonds. The summed E-state index contributed by atoms with van der Waals surface area (Å²) in [6.45, 7) is 5.93. The van der Waals surface area contributed by atoms with Gasteiger partial charge in [0.15, 0.2) is 6.61 Å². The van der Waals surface area contributed by atoms with Gasteiger partial charge in [0.05, 0.1) is 0 Å². The molecule has 1 aliphatic rings. The molecular weight excluding hydrogens is 406 g/mol. The van der Waals surface area contributed by atoms with Crippen LogP contribution < -0.4 is 10.1 Å². The molecule has 1 aliphatic heterocycles. The lowest BCUT2D eigenvalue weighted by Gasteiger charge is -2.32. The first-order chi connectivity index (χ1) is 13.1. The van der Waals surface area contributed by atoms with Crippen LogP contribution in [0.5, 0.6) is 5.75 Å². The number of amides is 1. The Hall–Kier alpha value is -1.89. The second kappa shape index (κ2) is 9.88. The highest BCUT2D eigenvalue weighted by Crippen LogP contribution is 2.16. The van der Waals surface area contributed by atoms with Gasteiger partial charge in [-0.15, -0.1) is 0 Å². The van der Waals surface area contributed by atoms with Crippen LogP contribution in [0.3, 0.4) is 0 Å². The van der Waals surface area contributed by atoms with Crippen LogP contribution in [0.25, 0.3) is 0 Å². The Morgan fingerprint density at radius 3 is 2.52 bits per heavy atom. The molecule has 1 fully saturated rings. The summed E-state index contributed by atoms with van der Waals surface area (Å²) < 4.78 is 6.48. The molecule has 0 spiro atoms. The number of nitrogens with zero attached hydrogens (tertiary/aromatic N) is 2.